The average Bonchev–Trinajstić information content (AvgIpc) is 2.74. The summed E-state index contributed by atoms with van der Waals surface area (Å²) >= 11 is 1.78. The summed E-state index contributed by atoms with van der Waals surface area (Å²) in [5, 5.41) is 4.93. The van der Waals surface area contributed by atoms with Crippen LogP contribution in [0.5, 0.6) is 0 Å². The van der Waals surface area contributed by atoms with E-state index >= 15 is 0 Å². The van der Waals surface area contributed by atoms with Crippen molar-refractivity contribution in [2.45, 2.75) is 53.6 Å². The lowest BCUT2D eigenvalue weighted by atomic mass is 9.82. The third-order valence-corrected chi connectivity index (χ3v) is 4.67. The van der Waals surface area contributed by atoms with Crippen LogP contribution in [0.25, 0.3) is 0 Å². The Morgan fingerprint density at radius 2 is 1.71 bits per heavy atom. The smallest absolute Gasteiger partial charge is 0.0900 e. The minimum Gasteiger partial charge on any atom is -0.301 e. The van der Waals surface area contributed by atoms with Crippen molar-refractivity contribution >= 4 is 11.3 Å². The molecular weight excluding hydrogens is 276 g/mol. The fourth-order valence-electron chi connectivity index (χ4n) is 2.77. The standard InChI is InChI=1S/C18H26N2S/c1-12(16-13(2)21-14(3)20-16)19-17(18(4,5)6)15-10-8-7-9-11-15/h7-12,17,19H,1-6H3. The summed E-state index contributed by atoms with van der Waals surface area (Å²) in [4.78, 5) is 6.01. The molecule has 2 atom stereocenters. The third kappa shape index (κ3) is 3.92. The maximum Gasteiger partial charge on any atom is 0.0900 e. The van der Waals surface area contributed by atoms with E-state index in [1.54, 1.807) is 11.3 Å². The molecule has 0 saturated heterocycles. The molecular formula is C18H26N2S. The number of aryl methyl sites for hydroxylation is 2. The van der Waals surface area contributed by atoms with E-state index in [-0.39, 0.29) is 11.5 Å². The minimum atomic E-state index is 0.147. The van der Waals surface area contributed by atoms with E-state index in [2.05, 4.69) is 77.2 Å². The quantitative estimate of drug-likeness (QED) is 0.840. The molecule has 0 aliphatic rings. The Morgan fingerprint density at radius 1 is 1.10 bits per heavy atom. The molecule has 3 heteroatoms. The second-order valence-electron chi connectivity index (χ2n) is 6.77. The van der Waals surface area contributed by atoms with Crippen LogP contribution >= 0.6 is 11.3 Å². The van der Waals surface area contributed by atoms with Crippen LogP contribution in [0, 0.1) is 19.3 Å². The monoisotopic (exact) mass is 302 g/mol. The molecule has 0 aliphatic carbocycles. The van der Waals surface area contributed by atoms with Gasteiger partial charge in [0.15, 0.2) is 0 Å². The van der Waals surface area contributed by atoms with Gasteiger partial charge in [0, 0.05) is 17.0 Å². The van der Waals surface area contributed by atoms with Gasteiger partial charge in [-0.2, -0.15) is 0 Å². The van der Waals surface area contributed by atoms with E-state index in [0.717, 1.165) is 5.01 Å². The molecule has 1 N–H and O–H groups in total. The van der Waals surface area contributed by atoms with Gasteiger partial charge in [0.1, 0.15) is 0 Å². The summed E-state index contributed by atoms with van der Waals surface area (Å²) < 4.78 is 0. The van der Waals surface area contributed by atoms with Crippen molar-refractivity contribution in [3.8, 4) is 0 Å². The van der Waals surface area contributed by atoms with E-state index in [0.29, 0.717) is 6.04 Å². The third-order valence-electron chi connectivity index (χ3n) is 3.77. The number of hydrogen-bond donors (Lipinski definition) is 1. The summed E-state index contributed by atoms with van der Waals surface area (Å²) in [6.45, 7) is 13.3. The van der Waals surface area contributed by atoms with Crippen LogP contribution < -0.4 is 5.32 Å². The van der Waals surface area contributed by atoms with Crippen molar-refractivity contribution in [2.75, 3.05) is 0 Å². The van der Waals surface area contributed by atoms with Crippen LogP contribution in [0.3, 0.4) is 0 Å². The lowest BCUT2D eigenvalue weighted by Gasteiger charge is -2.34. The van der Waals surface area contributed by atoms with Gasteiger partial charge in [-0.1, -0.05) is 51.1 Å². The Hall–Kier alpha value is -1.19. The number of aromatic nitrogens is 1. The highest BCUT2D eigenvalue weighted by atomic mass is 32.1. The Kier molecular flexibility index (Phi) is 4.84. The molecule has 114 valence electrons. The van der Waals surface area contributed by atoms with Gasteiger partial charge in [0.2, 0.25) is 0 Å². The van der Waals surface area contributed by atoms with Gasteiger partial charge in [-0.3, -0.25) is 0 Å². The summed E-state index contributed by atoms with van der Waals surface area (Å²) in [6.07, 6.45) is 0. The van der Waals surface area contributed by atoms with Gasteiger partial charge in [-0.05, 0) is 31.7 Å². The van der Waals surface area contributed by atoms with Crippen LogP contribution in [0.4, 0.5) is 0 Å². The van der Waals surface area contributed by atoms with Gasteiger partial charge < -0.3 is 5.32 Å². The van der Waals surface area contributed by atoms with Crippen molar-refractivity contribution < 1.29 is 0 Å². The first-order valence-electron chi connectivity index (χ1n) is 7.54. The van der Waals surface area contributed by atoms with E-state index in [9.17, 15) is 0 Å². The summed E-state index contributed by atoms with van der Waals surface area (Å²) in [5.41, 5.74) is 2.67. The van der Waals surface area contributed by atoms with Crippen LogP contribution in [-0.4, -0.2) is 4.98 Å². The first-order valence-corrected chi connectivity index (χ1v) is 8.35. The largest absolute Gasteiger partial charge is 0.301 e. The maximum absolute atomic E-state index is 4.69. The van der Waals surface area contributed by atoms with Gasteiger partial charge in [0.05, 0.1) is 10.7 Å². The number of thiazole rings is 1. The average molecular weight is 302 g/mol. The van der Waals surface area contributed by atoms with Gasteiger partial charge >= 0.3 is 0 Å². The lowest BCUT2D eigenvalue weighted by Crippen LogP contribution is -2.34. The molecule has 2 unspecified atom stereocenters. The first-order chi connectivity index (χ1) is 9.79. The molecule has 2 nitrogen and oxygen atoms in total. The number of benzene rings is 1. The molecule has 0 bridgehead atoms. The van der Waals surface area contributed by atoms with Gasteiger partial charge in [-0.25, -0.2) is 4.98 Å². The number of rotatable bonds is 4. The van der Waals surface area contributed by atoms with Crippen LogP contribution in [0.15, 0.2) is 30.3 Å². The van der Waals surface area contributed by atoms with Gasteiger partial charge in [-0.15, -0.1) is 11.3 Å². The molecule has 0 spiro atoms. The zero-order valence-corrected chi connectivity index (χ0v) is 14.7. The molecule has 0 fully saturated rings. The second-order valence-corrected chi connectivity index (χ2v) is 8.18. The van der Waals surface area contributed by atoms with Gasteiger partial charge in [0.25, 0.3) is 0 Å². The van der Waals surface area contributed by atoms with Crippen molar-refractivity contribution in [2.24, 2.45) is 5.41 Å². The molecule has 0 radical (unpaired) electrons. The summed E-state index contributed by atoms with van der Waals surface area (Å²) in [5.74, 6) is 0. The van der Waals surface area contributed by atoms with E-state index < -0.39 is 0 Å². The molecule has 2 rings (SSSR count). The van der Waals surface area contributed by atoms with Crippen molar-refractivity contribution in [1.82, 2.24) is 10.3 Å². The summed E-state index contributed by atoms with van der Waals surface area (Å²) in [7, 11) is 0. The van der Waals surface area contributed by atoms with E-state index in [1.165, 1.54) is 16.1 Å². The minimum absolute atomic E-state index is 0.147. The fraction of sp³-hybridized carbons (Fsp3) is 0.500. The Morgan fingerprint density at radius 3 is 2.19 bits per heavy atom. The molecule has 0 aliphatic heterocycles. The van der Waals surface area contributed by atoms with E-state index in [1.807, 2.05) is 0 Å². The molecule has 0 amide bonds. The van der Waals surface area contributed by atoms with E-state index in [4.69, 9.17) is 4.98 Å². The lowest BCUT2D eigenvalue weighted by molar-refractivity contribution is 0.253. The van der Waals surface area contributed by atoms with Crippen molar-refractivity contribution in [1.29, 1.82) is 0 Å². The Balaban J connectivity index is 2.26. The highest BCUT2D eigenvalue weighted by Gasteiger charge is 2.28. The highest BCUT2D eigenvalue weighted by Crippen LogP contribution is 2.35. The highest BCUT2D eigenvalue weighted by molar-refractivity contribution is 7.11. The molecule has 1 heterocycles. The predicted octanol–water partition coefficient (Wildman–Crippen LogP) is 5.20. The zero-order valence-electron chi connectivity index (χ0n) is 13.9. The number of hydrogen-bond acceptors (Lipinski definition) is 3. The summed E-state index contributed by atoms with van der Waals surface area (Å²) in [6, 6.07) is 11.2. The Bertz CT molecular complexity index is 581. The van der Waals surface area contributed by atoms with Crippen molar-refractivity contribution in [3.05, 3.63) is 51.5 Å². The normalized spacial score (nSPS) is 15.0. The van der Waals surface area contributed by atoms with Crippen LogP contribution in [0.1, 0.15) is 60.9 Å². The number of nitrogens with one attached hydrogen (secondary N) is 1. The molecule has 0 saturated carbocycles. The second kappa shape index (κ2) is 6.29. The molecule has 2 aromatic rings. The first kappa shape index (κ1) is 16.2. The molecule has 1 aromatic carbocycles. The van der Waals surface area contributed by atoms with Crippen molar-refractivity contribution in [3.63, 3.8) is 0 Å². The topological polar surface area (TPSA) is 24.9 Å². The Labute approximate surface area is 132 Å². The SMILES string of the molecule is Cc1nc(C(C)NC(c2ccccc2)C(C)(C)C)c(C)s1. The fourth-order valence-corrected chi connectivity index (χ4v) is 3.68. The van der Waals surface area contributed by atoms with Crippen LogP contribution in [-0.2, 0) is 0 Å². The number of nitrogens with zero attached hydrogens (tertiary/aromatic N) is 1. The predicted molar refractivity (Wildman–Crippen MR) is 91.8 cm³/mol. The maximum atomic E-state index is 4.69. The molecule has 1 aromatic heterocycles. The van der Waals surface area contributed by atoms with Crippen LogP contribution in [0.2, 0.25) is 0 Å². The molecule has 21 heavy (non-hydrogen) atoms. The zero-order chi connectivity index (χ0) is 15.6.